The van der Waals surface area contributed by atoms with Gasteiger partial charge in [-0.3, -0.25) is 9.48 Å². The molecule has 124 valence electrons. The summed E-state index contributed by atoms with van der Waals surface area (Å²) >= 11 is 1.76. The maximum Gasteiger partial charge on any atom is 0.224 e. The van der Waals surface area contributed by atoms with Crippen molar-refractivity contribution in [3.8, 4) is 0 Å². The highest BCUT2D eigenvalue weighted by Crippen LogP contribution is 2.33. The number of hydrogen-bond donors (Lipinski definition) is 0. The Bertz CT molecular complexity index is 796. The minimum atomic E-state index is 0.191. The van der Waals surface area contributed by atoms with Gasteiger partial charge in [0, 0.05) is 25.4 Å². The lowest BCUT2D eigenvalue weighted by Gasteiger charge is -2.32. The van der Waals surface area contributed by atoms with Gasteiger partial charge in [0.2, 0.25) is 5.91 Å². The number of amides is 1. The lowest BCUT2D eigenvalue weighted by atomic mass is 9.98. The van der Waals surface area contributed by atoms with Crippen LogP contribution in [0.2, 0.25) is 0 Å². The van der Waals surface area contributed by atoms with E-state index >= 15 is 0 Å². The number of rotatable bonds is 4. The molecule has 0 bridgehead atoms. The third-order valence-electron chi connectivity index (χ3n) is 4.46. The second-order valence-corrected chi connectivity index (χ2v) is 7.17. The van der Waals surface area contributed by atoms with E-state index in [-0.39, 0.29) is 5.91 Å². The number of para-hydroxylation sites is 1. The Morgan fingerprint density at radius 3 is 3.08 bits per heavy atom. The van der Waals surface area contributed by atoms with Crippen molar-refractivity contribution in [1.29, 1.82) is 0 Å². The predicted octanol–water partition coefficient (Wildman–Crippen LogP) is 2.68. The molecule has 3 aromatic rings. The van der Waals surface area contributed by atoms with Crippen molar-refractivity contribution in [2.45, 2.75) is 31.7 Å². The van der Waals surface area contributed by atoms with Gasteiger partial charge in [0.15, 0.2) is 0 Å². The van der Waals surface area contributed by atoms with Gasteiger partial charge < -0.3 is 4.90 Å². The lowest BCUT2D eigenvalue weighted by Crippen LogP contribution is -2.39. The van der Waals surface area contributed by atoms with Gasteiger partial charge >= 0.3 is 0 Å². The first-order chi connectivity index (χ1) is 11.8. The van der Waals surface area contributed by atoms with Crippen LogP contribution in [0.4, 0.5) is 0 Å². The van der Waals surface area contributed by atoms with E-state index in [0.29, 0.717) is 18.9 Å². The molecule has 1 aliphatic rings. The van der Waals surface area contributed by atoms with Gasteiger partial charge in [-0.05, 0) is 25.0 Å². The van der Waals surface area contributed by atoms with E-state index < -0.39 is 0 Å². The molecule has 2 aromatic heterocycles. The molecule has 0 radical (unpaired) electrons. The molecule has 1 unspecified atom stereocenters. The molecule has 0 N–H and O–H groups in total. The molecule has 1 amide bonds. The zero-order valence-electron chi connectivity index (χ0n) is 13.3. The zero-order valence-corrected chi connectivity index (χ0v) is 14.2. The number of nitrogens with zero attached hydrogens (tertiary/aromatic N) is 5. The van der Waals surface area contributed by atoms with E-state index in [1.54, 1.807) is 22.3 Å². The molecule has 6 nitrogen and oxygen atoms in total. The molecule has 1 atom stereocenters. The number of benzene rings is 1. The SMILES string of the molecule is O=C(CCn1cncn1)N1CCCC(c2nc3ccccc3s2)C1. The fourth-order valence-electron chi connectivity index (χ4n) is 3.19. The fourth-order valence-corrected chi connectivity index (χ4v) is 4.28. The number of piperidine rings is 1. The van der Waals surface area contributed by atoms with Crippen LogP contribution >= 0.6 is 11.3 Å². The molecule has 7 heteroatoms. The quantitative estimate of drug-likeness (QED) is 0.732. The number of carbonyl (C=O) groups excluding carboxylic acids is 1. The minimum absolute atomic E-state index is 0.191. The standard InChI is InChI=1S/C17H19N5OS/c23-16(7-9-22-12-18-11-19-22)21-8-3-4-13(10-21)17-20-14-5-1-2-6-15(14)24-17/h1-2,5-6,11-13H,3-4,7-10H2. The molecule has 0 aliphatic carbocycles. The van der Waals surface area contributed by atoms with Crippen LogP contribution < -0.4 is 0 Å². The van der Waals surface area contributed by atoms with Crippen molar-refractivity contribution < 1.29 is 4.79 Å². The highest BCUT2D eigenvalue weighted by Gasteiger charge is 2.26. The third kappa shape index (κ3) is 3.17. The molecule has 1 aromatic carbocycles. The van der Waals surface area contributed by atoms with Crippen molar-refractivity contribution in [3.63, 3.8) is 0 Å². The van der Waals surface area contributed by atoms with Crippen molar-refractivity contribution in [3.05, 3.63) is 41.9 Å². The smallest absolute Gasteiger partial charge is 0.224 e. The van der Waals surface area contributed by atoms with Crippen LogP contribution in [0, 0.1) is 0 Å². The van der Waals surface area contributed by atoms with Crippen LogP contribution in [0.25, 0.3) is 10.2 Å². The summed E-state index contributed by atoms with van der Waals surface area (Å²) in [6.07, 6.45) is 5.75. The van der Waals surface area contributed by atoms with Crippen molar-refractivity contribution in [2.24, 2.45) is 0 Å². The van der Waals surface area contributed by atoms with E-state index in [1.165, 1.54) is 11.0 Å². The van der Waals surface area contributed by atoms with Crippen LogP contribution in [-0.4, -0.2) is 43.6 Å². The van der Waals surface area contributed by atoms with Crippen molar-refractivity contribution >= 4 is 27.5 Å². The summed E-state index contributed by atoms with van der Waals surface area (Å²) < 4.78 is 2.93. The summed E-state index contributed by atoms with van der Waals surface area (Å²) in [6, 6.07) is 8.23. The van der Waals surface area contributed by atoms with Gasteiger partial charge in [0.05, 0.1) is 21.8 Å². The maximum atomic E-state index is 12.5. The fraction of sp³-hybridized carbons (Fsp3) is 0.412. The Morgan fingerprint density at radius 2 is 2.25 bits per heavy atom. The largest absolute Gasteiger partial charge is 0.342 e. The molecule has 4 rings (SSSR count). The Balaban J connectivity index is 1.42. The average molecular weight is 341 g/mol. The first kappa shape index (κ1) is 15.3. The van der Waals surface area contributed by atoms with Crippen LogP contribution in [-0.2, 0) is 11.3 Å². The van der Waals surface area contributed by atoms with Gasteiger partial charge in [-0.25, -0.2) is 9.97 Å². The average Bonchev–Trinajstić information content (AvgIpc) is 3.29. The topological polar surface area (TPSA) is 63.9 Å². The number of hydrogen-bond acceptors (Lipinski definition) is 5. The van der Waals surface area contributed by atoms with E-state index in [0.717, 1.165) is 36.5 Å². The molecule has 1 aliphatic heterocycles. The van der Waals surface area contributed by atoms with E-state index in [4.69, 9.17) is 4.98 Å². The monoisotopic (exact) mass is 341 g/mol. The van der Waals surface area contributed by atoms with Crippen LogP contribution in [0.5, 0.6) is 0 Å². The van der Waals surface area contributed by atoms with E-state index in [9.17, 15) is 4.79 Å². The summed E-state index contributed by atoms with van der Waals surface area (Å²) in [5, 5.41) is 5.20. The van der Waals surface area contributed by atoms with Crippen LogP contribution in [0.15, 0.2) is 36.9 Å². The molecule has 3 heterocycles. The van der Waals surface area contributed by atoms with Crippen molar-refractivity contribution in [1.82, 2.24) is 24.6 Å². The highest BCUT2D eigenvalue weighted by molar-refractivity contribution is 7.18. The summed E-state index contributed by atoms with van der Waals surface area (Å²) in [5.41, 5.74) is 1.06. The summed E-state index contributed by atoms with van der Waals surface area (Å²) in [4.78, 5) is 23.2. The molecule has 1 saturated heterocycles. The Hall–Kier alpha value is -2.28. The molecular formula is C17H19N5OS. The van der Waals surface area contributed by atoms with Crippen LogP contribution in [0.3, 0.4) is 0 Å². The number of thiazole rings is 1. The Kier molecular flexibility index (Phi) is 4.25. The van der Waals surface area contributed by atoms with Gasteiger partial charge in [-0.1, -0.05) is 12.1 Å². The van der Waals surface area contributed by atoms with Crippen LogP contribution in [0.1, 0.15) is 30.2 Å². The molecule has 24 heavy (non-hydrogen) atoms. The normalized spacial score (nSPS) is 18.2. The predicted molar refractivity (Wildman–Crippen MR) is 92.8 cm³/mol. The lowest BCUT2D eigenvalue weighted by molar-refractivity contribution is -0.132. The number of likely N-dealkylation sites (tertiary alicyclic amines) is 1. The van der Waals surface area contributed by atoms with E-state index in [2.05, 4.69) is 22.2 Å². The van der Waals surface area contributed by atoms with Gasteiger partial charge in [-0.15, -0.1) is 11.3 Å². The number of carbonyl (C=O) groups is 1. The van der Waals surface area contributed by atoms with Gasteiger partial charge in [0.1, 0.15) is 12.7 Å². The first-order valence-corrected chi connectivity index (χ1v) is 9.07. The molecule has 0 saturated carbocycles. The molecule has 0 spiro atoms. The zero-order chi connectivity index (χ0) is 16.4. The van der Waals surface area contributed by atoms with Gasteiger partial charge in [0.25, 0.3) is 0 Å². The number of aromatic nitrogens is 4. The second kappa shape index (κ2) is 6.68. The van der Waals surface area contributed by atoms with Gasteiger partial charge in [-0.2, -0.15) is 5.10 Å². The summed E-state index contributed by atoms with van der Waals surface area (Å²) in [5.74, 6) is 0.544. The molecule has 1 fully saturated rings. The first-order valence-electron chi connectivity index (χ1n) is 8.25. The summed E-state index contributed by atoms with van der Waals surface area (Å²) in [7, 11) is 0. The van der Waals surface area contributed by atoms with Crippen molar-refractivity contribution in [2.75, 3.05) is 13.1 Å². The van der Waals surface area contributed by atoms with E-state index in [1.807, 2.05) is 17.0 Å². The minimum Gasteiger partial charge on any atom is -0.342 e. The number of aryl methyl sites for hydroxylation is 1. The third-order valence-corrected chi connectivity index (χ3v) is 5.65. The Labute approximate surface area is 144 Å². The number of fused-ring (bicyclic) bond motifs is 1. The second-order valence-electron chi connectivity index (χ2n) is 6.11. The summed E-state index contributed by atoms with van der Waals surface area (Å²) in [6.45, 7) is 2.20. The highest BCUT2D eigenvalue weighted by atomic mass is 32.1. The maximum absolute atomic E-state index is 12.5. The molecular weight excluding hydrogens is 322 g/mol. The Morgan fingerprint density at radius 1 is 1.33 bits per heavy atom.